The van der Waals surface area contributed by atoms with Crippen molar-refractivity contribution >= 4 is 24.3 Å². The van der Waals surface area contributed by atoms with Crippen LogP contribution < -0.4 is 10.6 Å². The van der Waals surface area contributed by atoms with Crippen molar-refractivity contribution < 1.29 is 9.59 Å². The van der Waals surface area contributed by atoms with Crippen molar-refractivity contribution in [2.45, 2.75) is 13.8 Å². The Bertz CT molecular complexity index is 293. The predicted molar refractivity (Wildman–Crippen MR) is 77.6 cm³/mol. The van der Waals surface area contributed by atoms with E-state index < -0.39 is 0 Å². The molecule has 0 aromatic rings. The minimum Gasteiger partial charge on any atom is -0.339 e. The Labute approximate surface area is 121 Å². The Morgan fingerprint density at radius 3 is 2.16 bits per heavy atom. The first-order valence-electron chi connectivity index (χ1n) is 6.56. The third-order valence-corrected chi connectivity index (χ3v) is 3.14. The second kappa shape index (κ2) is 8.98. The minimum absolute atomic E-state index is 0. The molecule has 1 rings (SSSR count). The maximum Gasteiger partial charge on any atom is 0.317 e. The molecule has 112 valence electrons. The number of carbonyl (C=O) groups is 2. The van der Waals surface area contributed by atoms with Crippen molar-refractivity contribution in [3.63, 3.8) is 0 Å². The monoisotopic (exact) mass is 292 g/mol. The number of nitrogens with one attached hydrogen (secondary N) is 2. The molecular weight excluding hydrogens is 268 g/mol. The third kappa shape index (κ3) is 5.24. The molecule has 1 aliphatic heterocycles. The number of urea groups is 1. The van der Waals surface area contributed by atoms with Crippen LogP contribution in [0.25, 0.3) is 0 Å². The molecule has 7 heteroatoms. The van der Waals surface area contributed by atoms with Crippen molar-refractivity contribution in [1.82, 2.24) is 20.4 Å². The van der Waals surface area contributed by atoms with E-state index in [9.17, 15) is 9.59 Å². The largest absolute Gasteiger partial charge is 0.339 e. The Balaban J connectivity index is 0.00000324. The van der Waals surface area contributed by atoms with E-state index in [4.69, 9.17) is 0 Å². The van der Waals surface area contributed by atoms with Crippen molar-refractivity contribution in [2.24, 2.45) is 5.92 Å². The summed E-state index contributed by atoms with van der Waals surface area (Å²) in [5, 5.41) is 5.79. The molecular formula is C12H25ClN4O2. The summed E-state index contributed by atoms with van der Waals surface area (Å²) < 4.78 is 0. The fourth-order valence-corrected chi connectivity index (χ4v) is 2.10. The fraction of sp³-hybridized carbons (Fsp3) is 0.833. The van der Waals surface area contributed by atoms with Gasteiger partial charge in [0.15, 0.2) is 0 Å². The predicted octanol–water partition coefficient (Wildman–Crippen LogP) is 0.137. The number of amides is 3. The van der Waals surface area contributed by atoms with Gasteiger partial charge in [-0.3, -0.25) is 4.79 Å². The smallest absolute Gasteiger partial charge is 0.317 e. The first kappa shape index (κ1) is 18.0. The molecule has 1 heterocycles. The lowest BCUT2D eigenvalue weighted by molar-refractivity contribution is -0.136. The Kier molecular flexibility index (Phi) is 8.51. The molecule has 0 spiro atoms. The van der Waals surface area contributed by atoms with Gasteiger partial charge < -0.3 is 20.4 Å². The van der Waals surface area contributed by atoms with Gasteiger partial charge in [0, 0.05) is 45.2 Å². The molecule has 0 bridgehead atoms. The van der Waals surface area contributed by atoms with E-state index in [2.05, 4.69) is 10.6 Å². The second-order valence-electron chi connectivity index (χ2n) is 4.61. The summed E-state index contributed by atoms with van der Waals surface area (Å²) in [6.45, 7) is 7.64. The molecule has 1 saturated heterocycles. The van der Waals surface area contributed by atoms with Crippen molar-refractivity contribution in [3.05, 3.63) is 0 Å². The average molecular weight is 293 g/mol. The van der Waals surface area contributed by atoms with Gasteiger partial charge in [-0.15, -0.1) is 12.4 Å². The van der Waals surface area contributed by atoms with Gasteiger partial charge in [-0.25, -0.2) is 4.79 Å². The van der Waals surface area contributed by atoms with Crippen LogP contribution in [0.15, 0.2) is 0 Å². The molecule has 3 amide bonds. The highest BCUT2D eigenvalue weighted by Gasteiger charge is 2.26. The molecule has 1 fully saturated rings. The van der Waals surface area contributed by atoms with Crippen LogP contribution in [-0.4, -0.2) is 68.1 Å². The SMILES string of the molecule is CCNC(=O)N1CCN(C(=O)C(C)CNC)CC1.Cl. The van der Waals surface area contributed by atoms with Gasteiger partial charge in [-0.1, -0.05) is 6.92 Å². The summed E-state index contributed by atoms with van der Waals surface area (Å²) in [6.07, 6.45) is 0. The van der Waals surface area contributed by atoms with E-state index in [1.807, 2.05) is 25.8 Å². The van der Waals surface area contributed by atoms with E-state index in [-0.39, 0.29) is 30.3 Å². The standard InChI is InChI=1S/C12H24N4O2.ClH/c1-4-14-12(18)16-7-5-15(6-8-16)11(17)10(2)9-13-3;/h10,13H,4-9H2,1-3H3,(H,14,18);1H. The minimum atomic E-state index is -0.0344. The number of hydrogen-bond donors (Lipinski definition) is 2. The molecule has 1 aliphatic rings. The van der Waals surface area contributed by atoms with E-state index in [1.54, 1.807) is 4.90 Å². The van der Waals surface area contributed by atoms with Crippen LogP contribution in [0.4, 0.5) is 4.79 Å². The zero-order chi connectivity index (χ0) is 13.5. The maximum atomic E-state index is 12.1. The highest BCUT2D eigenvalue weighted by molar-refractivity contribution is 5.85. The molecule has 0 saturated carbocycles. The summed E-state index contributed by atoms with van der Waals surface area (Å²) in [4.78, 5) is 27.3. The topological polar surface area (TPSA) is 64.7 Å². The van der Waals surface area contributed by atoms with Gasteiger partial charge in [-0.2, -0.15) is 0 Å². The van der Waals surface area contributed by atoms with Gasteiger partial charge in [0.25, 0.3) is 0 Å². The summed E-state index contributed by atoms with van der Waals surface area (Å²) in [5.41, 5.74) is 0. The van der Waals surface area contributed by atoms with Gasteiger partial charge in [0.2, 0.25) is 5.91 Å². The van der Waals surface area contributed by atoms with Crippen LogP contribution in [-0.2, 0) is 4.79 Å². The molecule has 19 heavy (non-hydrogen) atoms. The summed E-state index contributed by atoms with van der Waals surface area (Å²) in [5.74, 6) is 0.158. The van der Waals surface area contributed by atoms with Crippen LogP contribution in [0.1, 0.15) is 13.8 Å². The first-order chi connectivity index (χ1) is 8.60. The molecule has 0 aromatic heterocycles. The molecule has 6 nitrogen and oxygen atoms in total. The summed E-state index contributed by atoms with van der Waals surface area (Å²) >= 11 is 0. The molecule has 0 aromatic carbocycles. The molecule has 0 radical (unpaired) electrons. The maximum absolute atomic E-state index is 12.1. The number of rotatable bonds is 4. The Morgan fingerprint density at radius 2 is 1.68 bits per heavy atom. The Hall–Kier alpha value is -1.01. The van der Waals surface area contributed by atoms with Crippen LogP contribution in [0, 0.1) is 5.92 Å². The van der Waals surface area contributed by atoms with Crippen LogP contribution in [0.2, 0.25) is 0 Å². The number of nitrogens with zero attached hydrogens (tertiary/aromatic N) is 2. The number of piperazine rings is 1. The van der Waals surface area contributed by atoms with Crippen LogP contribution in [0.3, 0.4) is 0 Å². The van der Waals surface area contributed by atoms with Crippen LogP contribution in [0.5, 0.6) is 0 Å². The Morgan fingerprint density at radius 1 is 1.16 bits per heavy atom. The fourth-order valence-electron chi connectivity index (χ4n) is 2.10. The zero-order valence-electron chi connectivity index (χ0n) is 11.9. The van der Waals surface area contributed by atoms with Crippen molar-refractivity contribution in [3.8, 4) is 0 Å². The van der Waals surface area contributed by atoms with Crippen molar-refractivity contribution in [2.75, 3.05) is 46.3 Å². The normalized spacial score (nSPS) is 16.6. The molecule has 1 atom stereocenters. The van der Waals surface area contributed by atoms with Crippen LogP contribution >= 0.6 is 12.4 Å². The third-order valence-electron chi connectivity index (χ3n) is 3.14. The van der Waals surface area contributed by atoms with Gasteiger partial charge in [0.05, 0.1) is 0 Å². The molecule has 1 unspecified atom stereocenters. The lowest BCUT2D eigenvalue weighted by Crippen LogP contribution is -2.54. The first-order valence-corrected chi connectivity index (χ1v) is 6.56. The van der Waals surface area contributed by atoms with E-state index in [0.29, 0.717) is 39.3 Å². The highest BCUT2D eigenvalue weighted by atomic mass is 35.5. The van der Waals surface area contributed by atoms with Gasteiger partial charge in [-0.05, 0) is 14.0 Å². The quantitative estimate of drug-likeness (QED) is 0.775. The van der Waals surface area contributed by atoms with E-state index in [0.717, 1.165) is 0 Å². The van der Waals surface area contributed by atoms with Gasteiger partial charge >= 0.3 is 6.03 Å². The van der Waals surface area contributed by atoms with Crippen molar-refractivity contribution in [1.29, 1.82) is 0 Å². The number of carbonyl (C=O) groups excluding carboxylic acids is 2. The van der Waals surface area contributed by atoms with Gasteiger partial charge in [0.1, 0.15) is 0 Å². The van der Waals surface area contributed by atoms with E-state index >= 15 is 0 Å². The van der Waals surface area contributed by atoms with E-state index in [1.165, 1.54) is 0 Å². The lowest BCUT2D eigenvalue weighted by atomic mass is 10.1. The lowest BCUT2D eigenvalue weighted by Gasteiger charge is -2.35. The average Bonchev–Trinajstić information content (AvgIpc) is 2.38. The zero-order valence-corrected chi connectivity index (χ0v) is 12.8. The number of hydrogen-bond acceptors (Lipinski definition) is 3. The number of halogens is 1. The second-order valence-corrected chi connectivity index (χ2v) is 4.61. The highest BCUT2D eigenvalue weighted by Crippen LogP contribution is 2.07. The molecule has 2 N–H and O–H groups in total. The summed E-state index contributed by atoms with van der Waals surface area (Å²) in [7, 11) is 1.84. The molecule has 0 aliphatic carbocycles. The summed E-state index contributed by atoms with van der Waals surface area (Å²) in [6, 6.07) is -0.0344.